The normalized spacial score (nSPS) is 19.7. The number of nitrogens with one attached hydrogen (secondary N) is 2. The summed E-state index contributed by atoms with van der Waals surface area (Å²) in [6, 6.07) is 18.8. The van der Waals surface area contributed by atoms with Crippen LogP contribution in [0.3, 0.4) is 0 Å². The number of ether oxygens (including phenoxy) is 3. The Morgan fingerprint density at radius 1 is 1.03 bits per heavy atom. The van der Waals surface area contributed by atoms with Crippen LogP contribution in [0.1, 0.15) is 75.5 Å². The number of amides is 2. The summed E-state index contributed by atoms with van der Waals surface area (Å²) in [5, 5.41) is 18.3. The quantitative estimate of drug-likeness (QED) is 0.108. The summed E-state index contributed by atoms with van der Waals surface area (Å²) in [6.45, 7) is 16.4. The third kappa shape index (κ3) is 10.1. The van der Waals surface area contributed by atoms with Gasteiger partial charge in [-0.15, -0.1) is 0 Å². The topological polar surface area (TPSA) is 180 Å². The first kappa shape index (κ1) is 46.3. The summed E-state index contributed by atoms with van der Waals surface area (Å²) < 4.78 is 48.6. The standard InChI is InChI=1S/C47H56ClN7O8S2/c1-30-42(64-43(50-30)61-29-47(45(2,3)4)28-55(44(57)58)22-23-62-47)65(59,60)52-41(56)35-15-14-34(24-40(35)63-39-9-7-8-38-37(39)26-49-51-38)54-20-18-53(19-21-54)27-32-16-17-46(5,6)25-36(32)31-10-12-33(48)13-11-31/h7-15,24,26H,16-23,25,27-29H2,1-6H3,(H,49,51)(H,52,56)(H,57,58)/t47-/m0/s1. The first-order valence-electron chi connectivity index (χ1n) is 21.8. The molecule has 2 aliphatic heterocycles. The number of morpholine rings is 1. The molecule has 2 aromatic heterocycles. The van der Waals surface area contributed by atoms with Gasteiger partial charge < -0.3 is 29.1 Å². The predicted octanol–water partition coefficient (Wildman–Crippen LogP) is 8.85. The van der Waals surface area contributed by atoms with E-state index < -0.39 is 33.0 Å². The van der Waals surface area contributed by atoms with Gasteiger partial charge >= 0.3 is 6.09 Å². The van der Waals surface area contributed by atoms with Crippen LogP contribution in [0.15, 0.2) is 76.6 Å². The number of benzene rings is 3. The highest BCUT2D eigenvalue weighted by Gasteiger charge is 2.49. The van der Waals surface area contributed by atoms with E-state index in [2.05, 4.69) is 55.7 Å². The number of aryl methyl sites for hydroxylation is 1. The van der Waals surface area contributed by atoms with E-state index in [1.165, 1.54) is 28.5 Å². The number of thiazole rings is 1. The molecular weight excluding hydrogens is 890 g/mol. The largest absolute Gasteiger partial charge is 0.467 e. The van der Waals surface area contributed by atoms with Crippen molar-refractivity contribution in [2.24, 2.45) is 10.8 Å². The number of carbonyl (C=O) groups is 2. The first-order valence-corrected chi connectivity index (χ1v) is 24.4. The van der Waals surface area contributed by atoms with Gasteiger partial charge in [0.1, 0.15) is 23.7 Å². The van der Waals surface area contributed by atoms with Crippen molar-refractivity contribution < 1.29 is 37.3 Å². The van der Waals surface area contributed by atoms with Crippen molar-refractivity contribution >= 4 is 67.1 Å². The molecule has 65 heavy (non-hydrogen) atoms. The average Bonchev–Trinajstić information content (AvgIpc) is 3.91. The van der Waals surface area contributed by atoms with Crippen molar-refractivity contribution in [1.29, 1.82) is 0 Å². The molecule has 3 N–H and O–H groups in total. The highest BCUT2D eigenvalue weighted by atomic mass is 35.5. The molecule has 0 radical (unpaired) electrons. The molecule has 0 bridgehead atoms. The number of allylic oxidation sites excluding steroid dienone is 1. The van der Waals surface area contributed by atoms with Gasteiger partial charge in [0.05, 0.1) is 41.5 Å². The van der Waals surface area contributed by atoms with Gasteiger partial charge in [0.15, 0.2) is 4.21 Å². The molecule has 0 unspecified atom stereocenters. The third-order valence-electron chi connectivity index (χ3n) is 12.9. The van der Waals surface area contributed by atoms with Crippen LogP contribution in [-0.2, 0) is 14.8 Å². The Bertz CT molecular complexity index is 2720. The summed E-state index contributed by atoms with van der Waals surface area (Å²) in [4.78, 5) is 36.4. The highest BCUT2D eigenvalue weighted by Crippen LogP contribution is 2.44. The van der Waals surface area contributed by atoms with Gasteiger partial charge in [-0.1, -0.05) is 81.3 Å². The van der Waals surface area contributed by atoms with E-state index in [1.54, 1.807) is 24.4 Å². The van der Waals surface area contributed by atoms with E-state index in [1.807, 2.05) is 51.1 Å². The molecule has 346 valence electrons. The van der Waals surface area contributed by atoms with Gasteiger partial charge in [-0.3, -0.25) is 14.8 Å². The van der Waals surface area contributed by atoms with Crippen LogP contribution in [0.2, 0.25) is 5.02 Å². The Hall–Kier alpha value is -5.20. The number of anilines is 1. The molecule has 15 nitrogen and oxygen atoms in total. The summed E-state index contributed by atoms with van der Waals surface area (Å²) in [5.74, 6) is -0.270. The maximum absolute atomic E-state index is 14.1. The van der Waals surface area contributed by atoms with Crippen molar-refractivity contribution in [2.75, 3.05) is 63.9 Å². The van der Waals surface area contributed by atoms with Crippen LogP contribution >= 0.6 is 22.9 Å². The number of sulfonamides is 1. The van der Waals surface area contributed by atoms with Crippen molar-refractivity contribution in [3.8, 4) is 16.7 Å². The van der Waals surface area contributed by atoms with Gasteiger partial charge in [0, 0.05) is 56.0 Å². The van der Waals surface area contributed by atoms with Crippen LogP contribution in [-0.4, -0.2) is 115 Å². The lowest BCUT2D eigenvalue weighted by Crippen LogP contribution is -2.62. The molecule has 4 heterocycles. The highest BCUT2D eigenvalue weighted by molar-refractivity contribution is 7.92. The average molecular weight is 947 g/mol. The second-order valence-corrected chi connectivity index (χ2v) is 22.2. The van der Waals surface area contributed by atoms with E-state index in [0.29, 0.717) is 11.1 Å². The van der Waals surface area contributed by atoms with Crippen LogP contribution < -0.4 is 19.1 Å². The Labute approximate surface area is 388 Å². The number of nitrogens with zero attached hydrogens (tertiary/aromatic N) is 5. The maximum atomic E-state index is 14.1. The molecule has 3 aromatic carbocycles. The SMILES string of the molecule is Cc1nc(OC[C@]2(C(C)(C)C)CN(C(=O)O)CCO2)sc1S(=O)(=O)NC(=O)c1ccc(N2CCN(CC3=C(c4ccc(Cl)cc4)CC(C)(C)CC3)CC2)cc1Oc1cccc2[nH]ncc12. The van der Waals surface area contributed by atoms with Gasteiger partial charge in [-0.2, -0.15) is 5.10 Å². The van der Waals surface area contributed by atoms with Gasteiger partial charge in [0.25, 0.3) is 21.1 Å². The number of halogens is 1. The molecule has 2 amide bonds. The van der Waals surface area contributed by atoms with Crippen molar-refractivity contribution in [1.82, 2.24) is 29.7 Å². The number of rotatable bonds is 12. The number of aromatic nitrogens is 3. The lowest BCUT2D eigenvalue weighted by molar-refractivity contribution is -0.175. The summed E-state index contributed by atoms with van der Waals surface area (Å²) in [7, 11) is -4.46. The lowest BCUT2D eigenvalue weighted by atomic mass is 9.72. The number of carbonyl (C=O) groups excluding carboxylic acids is 1. The molecular formula is C47H56ClN7O8S2. The smallest absolute Gasteiger partial charge is 0.407 e. The zero-order chi connectivity index (χ0) is 46.3. The fourth-order valence-corrected chi connectivity index (χ4v) is 11.2. The van der Waals surface area contributed by atoms with Crippen molar-refractivity contribution in [3.63, 3.8) is 0 Å². The van der Waals surface area contributed by atoms with E-state index in [4.69, 9.17) is 25.8 Å². The summed E-state index contributed by atoms with van der Waals surface area (Å²) in [6.07, 6.45) is 3.78. The second kappa shape index (κ2) is 18.2. The van der Waals surface area contributed by atoms with Crippen molar-refractivity contribution in [3.05, 3.63) is 94.3 Å². The Kier molecular flexibility index (Phi) is 13.0. The Morgan fingerprint density at radius 3 is 2.51 bits per heavy atom. The second-order valence-electron chi connectivity index (χ2n) is 18.9. The maximum Gasteiger partial charge on any atom is 0.407 e. The zero-order valence-electron chi connectivity index (χ0n) is 37.6. The van der Waals surface area contributed by atoms with E-state index in [0.717, 1.165) is 79.5 Å². The molecule has 5 aromatic rings. The van der Waals surface area contributed by atoms with E-state index in [-0.39, 0.29) is 58.1 Å². The van der Waals surface area contributed by atoms with Crippen LogP contribution in [0.4, 0.5) is 10.5 Å². The molecule has 2 fully saturated rings. The molecule has 3 aliphatic rings. The number of hydrogen-bond acceptors (Lipinski definition) is 12. The monoisotopic (exact) mass is 945 g/mol. The zero-order valence-corrected chi connectivity index (χ0v) is 40.0. The minimum atomic E-state index is -4.46. The molecule has 0 saturated carbocycles. The van der Waals surface area contributed by atoms with Crippen molar-refractivity contribution in [2.45, 2.75) is 70.6 Å². The number of fused-ring (bicyclic) bond motifs is 1. The fourth-order valence-electron chi connectivity index (χ4n) is 8.80. The fraction of sp³-hybridized carbons (Fsp3) is 0.447. The minimum absolute atomic E-state index is 0.0153. The lowest BCUT2D eigenvalue weighted by Gasteiger charge is -2.48. The summed E-state index contributed by atoms with van der Waals surface area (Å²) in [5.41, 5.74) is 4.50. The molecule has 1 atom stereocenters. The van der Waals surface area contributed by atoms with Crippen LogP contribution in [0.25, 0.3) is 16.5 Å². The van der Waals surface area contributed by atoms with E-state index in [9.17, 15) is 23.1 Å². The summed E-state index contributed by atoms with van der Waals surface area (Å²) >= 11 is 7.02. The molecule has 0 spiro atoms. The van der Waals surface area contributed by atoms with Gasteiger partial charge in [-0.25, -0.2) is 22.9 Å². The number of hydrogen-bond donors (Lipinski definition) is 3. The first-order chi connectivity index (χ1) is 30.8. The number of piperazine rings is 1. The number of aromatic amines is 1. The molecule has 18 heteroatoms. The number of H-pyrrole nitrogens is 1. The Morgan fingerprint density at radius 2 is 1.78 bits per heavy atom. The van der Waals surface area contributed by atoms with Gasteiger partial charge in [0.2, 0.25) is 0 Å². The predicted molar refractivity (Wildman–Crippen MR) is 252 cm³/mol. The van der Waals surface area contributed by atoms with Crippen LogP contribution in [0.5, 0.6) is 16.7 Å². The molecule has 2 saturated heterocycles. The number of carboxylic acid groups (broad SMARTS) is 1. The molecule has 1 aliphatic carbocycles. The Balaban J connectivity index is 1.00. The third-order valence-corrected chi connectivity index (χ3v) is 16.1. The van der Waals surface area contributed by atoms with E-state index >= 15 is 0 Å². The van der Waals surface area contributed by atoms with Gasteiger partial charge in [-0.05, 0) is 84.6 Å². The minimum Gasteiger partial charge on any atom is -0.467 e. The van der Waals surface area contributed by atoms with Crippen LogP contribution in [0, 0.1) is 17.8 Å². The molecule has 8 rings (SSSR count).